The minimum Gasteiger partial charge on any atom is -0.397 e. The second-order valence-electron chi connectivity index (χ2n) is 4.24. The summed E-state index contributed by atoms with van der Waals surface area (Å²) in [6, 6.07) is 2.48. The number of hydrogen-bond donors (Lipinski definition) is 1. The van der Waals surface area contributed by atoms with Gasteiger partial charge in [-0.15, -0.1) is 0 Å². The molecule has 0 heterocycles. The Morgan fingerprint density at radius 1 is 1.39 bits per heavy atom. The molecular formula is C13H20F2N2O. The first-order valence-electron chi connectivity index (χ1n) is 6.01. The van der Waals surface area contributed by atoms with Crippen LogP contribution in [0, 0.1) is 11.6 Å². The number of ether oxygens (including phenoxy) is 1. The Bertz CT molecular complexity index is 399. The number of nitrogens with zero attached hydrogens (tertiary/aromatic N) is 1. The molecule has 102 valence electrons. The third-order valence-corrected chi connectivity index (χ3v) is 3.05. The Labute approximate surface area is 107 Å². The molecule has 1 atom stereocenters. The Morgan fingerprint density at radius 2 is 2.06 bits per heavy atom. The summed E-state index contributed by atoms with van der Waals surface area (Å²) in [5.41, 5.74) is 6.13. The molecule has 0 amide bonds. The number of hydrogen-bond acceptors (Lipinski definition) is 3. The molecule has 0 aliphatic carbocycles. The van der Waals surface area contributed by atoms with E-state index in [1.165, 1.54) is 6.07 Å². The third-order valence-electron chi connectivity index (χ3n) is 3.05. The monoisotopic (exact) mass is 258 g/mol. The molecular weight excluding hydrogens is 238 g/mol. The summed E-state index contributed by atoms with van der Waals surface area (Å²) in [5, 5.41) is 0. The first kappa shape index (κ1) is 14.7. The maximum Gasteiger partial charge on any atom is 0.184 e. The summed E-state index contributed by atoms with van der Waals surface area (Å²) in [7, 11) is 1.57. The van der Waals surface area contributed by atoms with Gasteiger partial charge in [-0.1, -0.05) is 6.92 Å². The molecule has 0 spiro atoms. The predicted octanol–water partition coefficient (Wildman–Crippen LogP) is 2.80. The van der Waals surface area contributed by atoms with Crippen LogP contribution in [0.5, 0.6) is 0 Å². The first-order chi connectivity index (χ1) is 8.52. The first-order valence-corrected chi connectivity index (χ1v) is 6.01. The fraction of sp³-hybridized carbons (Fsp3) is 0.538. The Hall–Kier alpha value is -1.36. The van der Waals surface area contributed by atoms with Crippen molar-refractivity contribution in [2.75, 3.05) is 30.9 Å². The van der Waals surface area contributed by atoms with E-state index in [-0.39, 0.29) is 17.4 Å². The molecule has 0 aliphatic heterocycles. The van der Waals surface area contributed by atoms with E-state index >= 15 is 0 Å². The molecule has 0 radical (unpaired) electrons. The van der Waals surface area contributed by atoms with Crippen molar-refractivity contribution >= 4 is 11.4 Å². The molecule has 3 nitrogen and oxygen atoms in total. The van der Waals surface area contributed by atoms with Gasteiger partial charge in [-0.2, -0.15) is 0 Å². The SMILES string of the molecule is CCC(C)N(CCOC)c1c(N)ccc(F)c1F. The molecule has 0 saturated carbocycles. The zero-order chi connectivity index (χ0) is 13.7. The molecule has 1 unspecified atom stereocenters. The molecule has 0 bridgehead atoms. The van der Waals surface area contributed by atoms with Gasteiger partial charge in [0.1, 0.15) is 0 Å². The van der Waals surface area contributed by atoms with E-state index in [4.69, 9.17) is 10.5 Å². The molecule has 5 heteroatoms. The number of anilines is 2. The van der Waals surface area contributed by atoms with Gasteiger partial charge >= 0.3 is 0 Å². The fourth-order valence-electron chi connectivity index (χ4n) is 1.81. The minimum absolute atomic E-state index is 0.0544. The lowest BCUT2D eigenvalue weighted by Gasteiger charge is -2.31. The topological polar surface area (TPSA) is 38.5 Å². The van der Waals surface area contributed by atoms with E-state index in [1.54, 1.807) is 12.0 Å². The van der Waals surface area contributed by atoms with Crippen LogP contribution in [0.2, 0.25) is 0 Å². The number of halogens is 2. The van der Waals surface area contributed by atoms with Crippen molar-refractivity contribution in [3.63, 3.8) is 0 Å². The average Bonchev–Trinajstić information content (AvgIpc) is 2.37. The zero-order valence-corrected chi connectivity index (χ0v) is 11.0. The summed E-state index contributed by atoms with van der Waals surface area (Å²) >= 11 is 0. The molecule has 18 heavy (non-hydrogen) atoms. The highest BCUT2D eigenvalue weighted by molar-refractivity contribution is 5.68. The second-order valence-corrected chi connectivity index (χ2v) is 4.24. The maximum atomic E-state index is 13.9. The maximum absolute atomic E-state index is 13.9. The van der Waals surface area contributed by atoms with Gasteiger partial charge in [-0.25, -0.2) is 8.78 Å². The molecule has 0 saturated heterocycles. The van der Waals surface area contributed by atoms with Crippen LogP contribution in [0.25, 0.3) is 0 Å². The van der Waals surface area contributed by atoms with Crippen LogP contribution in [0.3, 0.4) is 0 Å². The van der Waals surface area contributed by atoms with E-state index in [0.29, 0.717) is 13.2 Å². The van der Waals surface area contributed by atoms with Crippen LogP contribution < -0.4 is 10.6 Å². The molecule has 1 rings (SSSR count). The third kappa shape index (κ3) is 3.10. The molecule has 1 aromatic rings. The normalized spacial score (nSPS) is 12.5. The van der Waals surface area contributed by atoms with Crippen molar-refractivity contribution in [3.05, 3.63) is 23.8 Å². The molecule has 2 N–H and O–H groups in total. The van der Waals surface area contributed by atoms with Crippen molar-refractivity contribution < 1.29 is 13.5 Å². The van der Waals surface area contributed by atoms with Crippen molar-refractivity contribution in [2.45, 2.75) is 26.3 Å². The van der Waals surface area contributed by atoms with Crippen molar-refractivity contribution in [1.82, 2.24) is 0 Å². The largest absolute Gasteiger partial charge is 0.397 e. The van der Waals surface area contributed by atoms with Crippen molar-refractivity contribution in [1.29, 1.82) is 0 Å². The van der Waals surface area contributed by atoms with Gasteiger partial charge in [-0.3, -0.25) is 0 Å². The smallest absolute Gasteiger partial charge is 0.184 e. The highest BCUT2D eigenvalue weighted by Gasteiger charge is 2.21. The molecule has 1 aromatic carbocycles. The number of nitrogen functional groups attached to an aromatic ring is 1. The number of benzene rings is 1. The molecule has 0 aliphatic rings. The van der Waals surface area contributed by atoms with Crippen molar-refractivity contribution in [3.8, 4) is 0 Å². The van der Waals surface area contributed by atoms with Crippen LogP contribution in [0.1, 0.15) is 20.3 Å². The Morgan fingerprint density at radius 3 is 2.61 bits per heavy atom. The summed E-state index contributed by atoms with van der Waals surface area (Å²) in [4.78, 5) is 1.75. The van der Waals surface area contributed by atoms with Gasteiger partial charge in [0.2, 0.25) is 0 Å². The standard InChI is InChI=1S/C13H20F2N2O/c1-4-9(2)17(7-8-18-3)13-11(16)6-5-10(14)12(13)15/h5-6,9H,4,7-8,16H2,1-3H3. The van der Waals surface area contributed by atoms with Gasteiger partial charge in [-0.05, 0) is 25.5 Å². The number of nitrogens with two attached hydrogens (primary N) is 1. The second kappa shape index (κ2) is 6.54. The van der Waals surface area contributed by atoms with Crippen LogP contribution in [0.4, 0.5) is 20.2 Å². The fourth-order valence-corrected chi connectivity index (χ4v) is 1.81. The lowest BCUT2D eigenvalue weighted by molar-refractivity contribution is 0.203. The van der Waals surface area contributed by atoms with Crippen LogP contribution >= 0.6 is 0 Å². The van der Waals surface area contributed by atoms with E-state index in [2.05, 4.69) is 0 Å². The average molecular weight is 258 g/mol. The quantitative estimate of drug-likeness (QED) is 0.797. The van der Waals surface area contributed by atoms with E-state index in [9.17, 15) is 8.78 Å². The Balaban J connectivity index is 3.15. The van der Waals surface area contributed by atoms with E-state index in [0.717, 1.165) is 12.5 Å². The Kier molecular flexibility index (Phi) is 5.34. The summed E-state index contributed by atoms with van der Waals surface area (Å²) in [6.45, 7) is 4.83. The molecule has 0 fully saturated rings. The van der Waals surface area contributed by atoms with E-state index in [1.807, 2.05) is 13.8 Å². The summed E-state index contributed by atoms with van der Waals surface area (Å²) in [5.74, 6) is -1.78. The van der Waals surface area contributed by atoms with Gasteiger partial charge in [0, 0.05) is 19.7 Å². The highest BCUT2D eigenvalue weighted by Crippen LogP contribution is 2.30. The molecule has 0 aromatic heterocycles. The highest BCUT2D eigenvalue weighted by atomic mass is 19.2. The van der Waals surface area contributed by atoms with Crippen LogP contribution in [0.15, 0.2) is 12.1 Å². The number of methoxy groups -OCH3 is 1. The van der Waals surface area contributed by atoms with Crippen molar-refractivity contribution in [2.24, 2.45) is 0 Å². The van der Waals surface area contributed by atoms with E-state index < -0.39 is 11.6 Å². The van der Waals surface area contributed by atoms with Crippen LogP contribution in [-0.4, -0.2) is 26.3 Å². The zero-order valence-electron chi connectivity index (χ0n) is 11.0. The predicted molar refractivity (Wildman–Crippen MR) is 69.7 cm³/mol. The van der Waals surface area contributed by atoms with Gasteiger partial charge in [0.15, 0.2) is 11.6 Å². The summed E-state index contributed by atoms with van der Waals surface area (Å²) < 4.78 is 32.2. The lowest BCUT2D eigenvalue weighted by atomic mass is 10.1. The van der Waals surface area contributed by atoms with Gasteiger partial charge in [0.25, 0.3) is 0 Å². The van der Waals surface area contributed by atoms with Gasteiger partial charge in [0.05, 0.1) is 18.0 Å². The minimum atomic E-state index is -0.897. The van der Waals surface area contributed by atoms with Crippen LogP contribution in [-0.2, 0) is 4.74 Å². The summed E-state index contributed by atoms with van der Waals surface area (Å²) in [6.07, 6.45) is 0.805. The van der Waals surface area contributed by atoms with Gasteiger partial charge < -0.3 is 15.4 Å². The number of rotatable bonds is 6. The lowest BCUT2D eigenvalue weighted by Crippen LogP contribution is -2.36.